The van der Waals surface area contributed by atoms with E-state index < -0.39 is 20.5 Å². The average molecular weight is 303 g/mol. The molecule has 108 valence electrons. The van der Waals surface area contributed by atoms with E-state index in [9.17, 15) is 17.2 Å². The minimum atomic E-state index is -4.67. The highest BCUT2D eigenvalue weighted by Crippen LogP contribution is 2.26. The van der Waals surface area contributed by atoms with Crippen molar-refractivity contribution in [2.45, 2.75) is 24.1 Å². The summed E-state index contributed by atoms with van der Waals surface area (Å²) in [7, 11) is -4.67. The molecule has 6 nitrogen and oxygen atoms in total. The molecule has 1 aromatic heterocycles. The Labute approximate surface area is 113 Å². The molecule has 0 unspecified atom stereocenters. The lowest BCUT2D eigenvalue weighted by molar-refractivity contribution is 0.235. The maximum absolute atomic E-state index is 12.6. The molecule has 20 heavy (non-hydrogen) atoms. The normalized spacial score (nSPS) is 11.8. The van der Waals surface area contributed by atoms with Gasteiger partial charge in [0.25, 0.3) is 0 Å². The van der Waals surface area contributed by atoms with E-state index in [4.69, 9.17) is 4.52 Å². The Morgan fingerprint density at radius 3 is 2.65 bits per heavy atom. The number of aromatic nitrogens is 2. The molecule has 0 aliphatic heterocycles. The van der Waals surface area contributed by atoms with E-state index in [0.29, 0.717) is 11.7 Å². The Morgan fingerprint density at radius 2 is 2.05 bits per heavy atom. The molecule has 1 heterocycles. The van der Waals surface area contributed by atoms with Gasteiger partial charge < -0.3 is 9.84 Å². The standard InChI is InChI=1S/C11H11F2N3O3S/c1-7-15-10(16-19-7)6-14-8-4-2-3-5-9(8)20(17,18)11(12)13/h2-5,11,14H,6H2,1H3. The number of rotatable bonds is 5. The van der Waals surface area contributed by atoms with E-state index in [0.717, 1.165) is 6.07 Å². The smallest absolute Gasteiger partial charge is 0.341 e. The van der Waals surface area contributed by atoms with Crippen LogP contribution in [0.3, 0.4) is 0 Å². The number of nitrogens with zero attached hydrogens (tertiary/aromatic N) is 2. The van der Waals surface area contributed by atoms with Crippen LogP contribution in [0, 0.1) is 6.92 Å². The first-order valence-electron chi connectivity index (χ1n) is 5.55. The van der Waals surface area contributed by atoms with Crippen LogP contribution in [-0.4, -0.2) is 24.3 Å². The van der Waals surface area contributed by atoms with Gasteiger partial charge in [-0.2, -0.15) is 13.8 Å². The molecule has 0 saturated heterocycles. The van der Waals surface area contributed by atoms with Crippen LogP contribution in [0.25, 0.3) is 0 Å². The number of hydrogen-bond acceptors (Lipinski definition) is 6. The summed E-state index contributed by atoms with van der Waals surface area (Å²) in [6.07, 6.45) is 0. The van der Waals surface area contributed by atoms with Gasteiger partial charge in [-0.15, -0.1) is 0 Å². The average Bonchev–Trinajstić information content (AvgIpc) is 2.82. The molecule has 0 fully saturated rings. The number of para-hydroxylation sites is 1. The van der Waals surface area contributed by atoms with Crippen LogP contribution in [0.2, 0.25) is 0 Å². The highest BCUT2D eigenvalue weighted by atomic mass is 32.2. The molecule has 0 aliphatic carbocycles. The van der Waals surface area contributed by atoms with Crippen molar-refractivity contribution in [3.8, 4) is 0 Å². The lowest BCUT2D eigenvalue weighted by Gasteiger charge is -2.10. The first-order chi connectivity index (χ1) is 9.41. The summed E-state index contributed by atoms with van der Waals surface area (Å²) in [5, 5.41) is 6.32. The summed E-state index contributed by atoms with van der Waals surface area (Å²) in [5.41, 5.74) is 0.0650. The lowest BCUT2D eigenvalue weighted by Crippen LogP contribution is -2.14. The molecule has 0 radical (unpaired) electrons. The maximum Gasteiger partial charge on any atom is 0.341 e. The van der Waals surface area contributed by atoms with E-state index >= 15 is 0 Å². The second-order valence-electron chi connectivity index (χ2n) is 3.88. The van der Waals surface area contributed by atoms with Crippen molar-refractivity contribution in [3.05, 3.63) is 36.0 Å². The molecule has 0 bridgehead atoms. The fraction of sp³-hybridized carbons (Fsp3) is 0.273. The Balaban J connectivity index is 2.25. The van der Waals surface area contributed by atoms with Crippen molar-refractivity contribution in [2.24, 2.45) is 0 Å². The number of alkyl halides is 2. The molecular formula is C11H11F2N3O3S. The maximum atomic E-state index is 12.6. The van der Waals surface area contributed by atoms with Crippen LogP contribution in [0.1, 0.15) is 11.7 Å². The second-order valence-corrected chi connectivity index (χ2v) is 5.77. The van der Waals surface area contributed by atoms with E-state index in [1.807, 2.05) is 0 Å². The van der Waals surface area contributed by atoms with Crippen LogP contribution < -0.4 is 5.32 Å². The minimum Gasteiger partial charge on any atom is -0.377 e. The van der Waals surface area contributed by atoms with Crippen molar-refractivity contribution in [1.82, 2.24) is 10.1 Å². The summed E-state index contributed by atoms with van der Waals surface area (Å²) in [6.45, 7) is 1.67. The lowest BCUT2D eigenvalue weighted by atomic mass is 10.3. The Bertz CT molecular complexity index is 700. The first-order valence-corrected chi connectivity index (χ1v) is 7.10. The van der Waals surface area contributed by atoms with Crippen molar-refractivity contribution in [2.75, 3.05) is 5.32 Å². The Kier molecular flexibility index (Phi) is 3.98. The molecule has 1 N–H and O–H groups in total. The number of sulfone groups is 1. The van der Waals surface area contributed by atoms with Gasteiger partial charge in [-0.25, -0.2) is 8.42 Å². The number of hydrogen-bond donors (Lipinski definition) is 1. The highest BCUT2D eigenvalue weighted by Gasteiger charge is 2.28. The zero-order valence-corrected chi connectivity index (χ0v) is 11.2. The predicted octanol–water partition coefficient (Wildman–Crippen LogP) is 1.99. The monoisotopic (exact) mass is 303 g/mol. The molecule has 2 aromatic rings. The number of nitrogens with one attached hydrogen (secondary N) is 1. The number of benzene rings is 1. The van der Waals surface area contributed by atoms with E-state index in [2.05, 4.69) is 15.5 Å². The van der Waals surface area contributed by atoms with E-state index in [-0.39, 0.29) is 12.2 Å². The molecule has 0 amide bonds. The van der Waals surface area contributed by atoms with Crippen molar-refractivity contribution >= 4 is 15.5 Å². The number of aryl methyl sites for hydroxylation is 1. The molecule has 0 saturated carbocycles. The molecule has 9 heteroatoms. The second kappa shape index (κ2) is 5.53. The summed E-state index contributed by atoms with van der Waals surface area (Å²) in [6, 6.07) is 5.42. The molecule has 0 aliphatic rings. The molecular weight excluding hydrogens is 292 g/mol. The van der Waals surface area contributed by atoms with E-state index in [1.165, 1.54) is 18.2 Å². The van der Waals surface area contributed by atoms with Gasteiger partial charge in [0.15, 0.2) is 5.82 Å². The van der Waals surface area contributed by atoms with Gasteiger partial charge in [-0.1, -0.05) is 17.3 Å². The fourth-order valence-corrected chi connectivity index (χ4v) is 2.45. The fourth-order valence-electron chi connectivity index (χ4n) is 1.54. The minimum absolute atomic E-state index is 0.0626. The summed E-state index contributed by atoms with van der Waals surface area (Å²) < 4.78 is 53.0. The van der Waals surface area contributed by atoms with Crippen LogP contribution in [-0.2, 0) is 16.4 Å². The predicted molar refractivity (Wildman–Crippen MR) is 66.0 cm³/mol. The molecule has 2 rings (SSSR count). The third-order valence-electron chi connectivity index (χ3n) is 2.43. The van der Waals surface area contributed by atoms with Gasteiger partial charge in [0.1, 0.15) is 0 Å². The van der Waals surface area contributed by atoms with Gasteiger partial charge >= 0.3 is 5.76 Å². The zero-order chi connectivity index (χ0) is 14.8. The van der Waals surface area contributed by atoms with Crippen LogP contribution in [0.4, 0.5) is 14.5 Å². The number of anilines is 1. The quantitative estimate of drug-likeness (QED) is 0.909. The van der Waals surface area contributed by atoms with Crippen LogP contribution in [0.5, 0.6) is 0 Å². The van der Waals surface area contributed by atoms with Gasteiger partial charge in [0.2, 0.25) is 15.7 Å². The summed E-state index contributed by atoms with van der Waals surface area (Å²) >= 11 is 0. The van der Waals surface area contributed by atoms with Crippen LogP contribution >= 0.6 is 0 Å². The molecule has 0 atom stereocenters. The number of halogens is 2. The van der Waals surface area contributed by atoms with Gasteiger partial charge in [0, 0.05) is 6.92 Å². The van der Waals surface area contributed by atoms with Crippen molar-refractivity contribution in [3.63, 3.8) is 0 Å². The first kappa shape index (κ1) is 14.4. The highest BCUT2D eigenvalue weighted by molar-refractivity contribution is 7.91. The largest absolute Gasteiger partial charge is 0.377 e. The topological polar surface area (TPSA) is 85.1 Å². The third kappa shape index (κ3) is 2.93. The van der Waals surface area contributed by atoms with Gasteiger partial charge in [-0.05, 0) is 12.1 Å². The van der Waals surface area contributed by atoms with Crippen LogP contribution in [0.15, 0.2) is 33.7 Å². The molecule has 1 aromatic carbocycles. The third-order valence-corrected chi connectivity index (χ3v) is 3.87. The summed E-state index contributed by atoms with van der Waals surface area (Å²) in [4.78, 5) is 3.45. The van der Waals surface area contributed by atoms with Crippen molar-refractivity contribution in [1.29, 1.82) is 0 Å². The van der Waals surface area contributed by atoms with Crippen molar-refractivity contribution < 1.29 is 21.7 Å². The zero-order valence-electron chi connectivity index (χ0n) is 10.4. The Morgan fingerprint density at radius 1 is 1.35 bits per heavy atom. The molecule has 0 spiro atoms. The summed E-state index contributed by atoms with van der Waals surface area (Å²) in [5.74, 6) is -2.82. The van der Waals surface area contributed by atoms with E-state index in [1.54, 1.807) is 6.92 Å². The Hall–Kier alpha value is -2.03. The SMILES string of the molecule is Cc1nc(CNc2ccccc2S(=O)(=O)C(F)F)no1. The van der Waals surface area contributed by atoms with Gasteiger partial charge in [0.05, 0.1) is 17.1 Å². The van der Waals surface area contributed by atoms with Gasteiger partial charge in [-0.3, -0.25) is 0 Å².